The first-order valence-corrected chi connectivity index (χ1v) is 7.34. The minimum atomic E-state index is -3.10. The van der Waals surface area contributed by atoms with Gasteiger partial charge in [0.25, 0.3) is 0 Å². The van der Waals surface area contributed by atoms with Crippen molar-refractivity contribution in [1.82, 2.24) is 9.55 Å². The number of rotatable bonds is 3. The molecule has 0 bridgehead atoms. The summed E-state index contributed by atoms with van der Waals surface area (Å²) in [7, 11) is 0. The number of aliphatic imine (C=N–C) groups is 1. The van der Waals surface area contributed by atoms with Gasteiger partial charge in [0.15, 0.2) is 23.7 Å². The molecule has 2 aromatic carbocycles. The number of fused-ring (bicyclic) bond motifs is 3. The largest absolute Gasteiger partial charge is 0.432 e. The van der Waals surface area contributed by atoms with Crippen LogP contribution in [0.4, 0.5) is 19.1 Å². The molecular weight excluding hydrogens is 335 g/mol. The van der Waals surface area contributed by atoms with Gasteiger partial charge in [0, 0.05) is 5.56 Å². The van der Waals surface area contributed by atoms with Crippen LogP contribution in [0.3, 0.4) is 0 Å². The van der Waals surface area contributed by atoms with E-state index < -0.39 is 24.3 Å². The number of anilines is 1. The summed E-state index contributed by atoms with van der Waals surface area (Å²) >= 11 is 0. The average Bonchev–Trinajstić information content (AvgIpc) is 2.93. The quantitative estimate of drug-likeness (QED) is 0.763. The lowest BCUT2D eigenvalue weighted by Crippen LogP contribution is -2.31. The van der Waals surface area contributed by atoms with Crippen LogP contribution >= 0.6 is 0 Å². The van der Waals surface area contributed by atoms with Gasteiger partial charge in [-0.1, -0.05) is 18.2 Å². The third kappa shape index (κ3) is 2.63. The van der Waals surface area contributed by atoms with E-state index in [0.717, 1.165) is 23.2 Å². The number of nitrogens with two attached hydrogens (primary N) is 1. The van der Waals surface area contributed by atoms with Crippen LogP contribution in [0, 0.1) is 5.82 Å². The molecule has 2 heterocycles. The molecule has 1 aliphatic rings. The predicted molar refractivity (Wildman–Crippen MR) is 86.1 cm³/mol. The molecule has 1 atom stereocenters. The first-order chi connectivity index (χ1) is 12.0. The maximum absolute atomic E-state index is 14.1. The Morgan fingerprint density at radius 1 is 1.20 bits per heavy atom. The number of guanidine groups is 1. The second kappa shape index (κ2) is 5.69. The first-order valence-electron chi connectivity index (χ1n) is 7.34. The lowest BCUT2D eigenvalue weighted by Gasteiger charge is -2.24. The van der Waals surface area contributed by atoms with E-state index >= 15 is 0 Å². The van der Waals surface area contributed by atoms with Gasteiger partial charge < -0.3 is 10.5 Å². The molecule has 0 radical (unpaired) electrons. The Morgan fingerprint density at radius 3 is 2.76 bits per heavy atom. The molecule has 1 aliphatic heterocycles. The van der Waals surface area contributed by atoms with Crippen LogP contribution in [-0.4, -0.2) is 22.1 Å². The Kier molecular flexibility index (Phi) is 3.48. The molecule has 1 aromatic heterocycles. The predicted octanol–water partition coefficient (Wildman–Crippen LogP) is 3.06. The van der Waals surface area contributed by atoms with Crippen molar-refractivity contribution < 1.29 is 17.9 Å². The summed E-state index contributed by atoms with van der Waals surface area (Å²) in [4.78, 5) is 8.73. The van der Waals surface area contributed by atoms with E-state index in [1.807, 2.05) is 24.3 Å². The lowest BCUT2D eigenvalue weighted by molar-refractivity contribution is -0.0522. The molecule has 6 nitrogen and oxygen atoms in total. The van der Waals surface area contributed by atoms with Crippen molar-refractivity contribution in [2.75, 3.05) is 5.32 Å². The van der Waals surface area contributed by atoms with E-state index in [-0.39, 0.29) is 5.96 Å². The summed E-state index contributed by atoms with van der Waals surface area (Å²) in [5, 5.41) is 2.86. The fourth-order valence-corrected chi connectivity index (χ4v) is 2.81. The van der Waals surface area contributed by atoms with Crippen molar-refractivity contribution in [2.24, 2.45) is 10.7 Å². The smallest absolute Gasteiger partial charge is 0.387 e. The number of ether oxygens (including phenoxy) is 1. The Morgan fingerprint density at radius 2 is 2.00 bits per heavy atom. The number of halogens is 3. The molecule has 25 heavy (non-hydrogen) atoms. The molecule has 9 heteroatoms. The topological polar surface area (TPSA) is 77.5 Å². The van der Waals surface area contributed by atoms with Crippen molar-refractivity contribution in [2.45, 2.75) is 12.8 Å². The number of benzene rings is 2. The summed E-state index contributed by atoms with van der Waals surface area (Å²) in [5.41, 5.74) is 7.72. The summed E-state index contributed by atoms with van der Waals surface area (Å²) < 4.78 is 44.6. The molecule has 0 saturated carbocycles. The van der Waals surface area contributed by atoms with Crippen molar-refractivity contribution in [3.63, 3.8) is 0 Å². The van der Waals surface area contributed by atoms with Gasteiger partial charge in [-0.25, -0.2) is 14.4 Å². The fourth-order valence-electron chi connectivity index (χ4n) is 2.81. The number of hydrogen-bond acceptors (Lipinski definition) is 5. The first kappa shape index (κ1) is 15.3. The Bertz CT molecular complexity index is 985. The standard InChI is InChI=1S/C16H12F3N5O/c17-9-7-8(5-6-12(9)25-14(18)19)13-22-15(20)23-16-21-10-3-1-2-4-11(10)24(13)16/h1-7,13-14H,(H3,20,21,22,23). The van der Waals surface area contributed by atoms with Gasteiger partial charge in [0.1, 0.15) is 0 Å². The molecule has 3 aromatic rings. The number of hydrogen-bond donors (Lipinski definition) is 2. The molecule has 0 amide bonds. The van der Waals surface area contributed by atoms with Crippen molar-refractivity contribution in [3.8, 4) is 5.75 Å². The third-order valence-electron chi connectivity index (χ3n) is 3.81. The SMILES string of the molecule is NC1=NC(c2ccc(OC(F)F)c(F)c2)n2c(nc3ccccc32)N1. The zero-order chi connectivity index (χ0) is 17.6. The monoisotopic (exact) mass is 347 g/mol. The Labute approximate surface area is 139 Å². The summed E-state index contributed by atoms with van der Waals surface area (Å²) in [5.74, 6) is -0.843. The Hall–Kier alpha value is -3.23. The van der Waals surface area contributed by atoms with Gasteiger partial charge in [-0.3, -0.25) is 9.88 Å². The second-order valence-electron chi connectivity index (χ2n) is 5.38. The van der Waals surface area contributed by atoms with Gasteiger partial charge in [0.2, 0.25) is 5.95 Å². The molecule has 4 rings (SSSR count). The van der Waals surface area contributed by atoms with Crippen LogP contribution < -0.4 is 15.8 Å². The molecule has 0 saturated heterocycles. The van der Waals surface area contributed by atoms with Crippen LogP contribution in [-0.2, 0) is 0 Å². The normalized spacial score (nSPS) is 16.5. The van der Waals surface area contributed by atoms with Crippen molar-refractivity contribution >= 4 is 22.9 Å². The molecule has 0 fully saturated rings. The van der Waals surface area contributed by atoms with E-state index in [9.17, 15) is 13.2 Å². The average molecular weight is 347 g/mol. The van der Waals surface area contributed by atoms with E-state index in [4.69, 9.17) is 5.73 Å². The number of aromatic nitrogens is 2. The van der Waals surface area contributed by atoms with E-state index in [1.165, 1.54) is 6.07 Å². The van der Waals surface area contributed by atoms with Crippen molar-refractivity contribution in [3.05, 3.63) is 53.8 Å². The number of nitrogens with one attached hydrogen (secondary N) is 1. The van der Waals surface area contributed by atoms with Crippen LogP contribution in [0.1, 0.15) is 11.7 Å². The molecule has 0 spiro atoms. The van der Waals surface area contributed by atoms with E-state index in [2.05, 4.69) is 20.0 Å². The number of imidazole rings is 1. The van der Waals surface area contributed by atoms with Gasteiger partial charge in [0.05, 0.1) is 11.0 Å². The Balaban J connectivity index is 1.83. The summed E-state index contributed by atoms with van der Waals surface area (Å²) in [6.07, 6.45) is -0.682. The van der Waals surface area contributed by atoms with Crippen LogP contribution in [0.15, 0.2) is 47.5 Å². The number of alkyl halides is 2. The van der Waals surface area contributed by atoms with Gasteiger partial charge >= 0.3 is 6.61 Å². The maximum atomic E-state index is 14.1. The highest BCUT2D eigenvalue weighted by Gasteiger charge is 2.26. The highest BCUT2D eigenvalue weighted by atomic mass is 19.3. The van der Waals surface area contributed by atoms with Crippen LogP contribution in [0.2, 0.25) is 0 Å². The zero-order valence-corrected chi connectivity index (χ0v) is 12.7. The second-order valence-corrected chi connectivity index (χ2v) is 5.38. The molecule has 0 aliphatic carbocycles. The molecule has 128 valence electrons. The maximum Gasteiger partial charge on any atom is 0.387 e. The van der Waals surface area contributed by atoms with Gasteiger partial charge in [-0.05, 0) is 24.3 Å². The highest BCUT2D eigenvalue weighted by molar-refractivity contribution is 5.94. The molecular formula is C16H12F3N5O. The van der Waals surface area contributed by atoms with E-state index in [1.54, 1.807) is 4.57 Å². The number of para-hydroxylation sites is 2. The zero-order valence-electron chi connectivity index (χ0n) is 12.7. The minimum Gasteiger partial charge on any atom is -0.432 e. The minimum absolute atomic E-state index is 0.126. The highest BCUT2D eigenvalue weighted by Crippen LogP contribution is 2.33. The van der Waals surface area contributed by atoms with Crippen LogP contribution in [0.25, 0.3) is 11.0 Å². The lowest BCUT2D eigenvalue weighted by atomic mass is 10.1. The molecule has 3 N–H and O–H groups in total. The third-order valence-corrected chi connectivity index (χ3v) is 3.81. The summed E-state index contributed by atoms with van der Waals surface area (Å²) in [6.45, 7) is -3.10. The van der Waals surface area contributed by atoms with Crippen molar-refractivity contribution in [1.29, 1.82) is 0 Å². The summed E-state index contributed by atoms with van der Waals surface area (Å²) in [6, 6.07) is 11.1. The van der Waals surface area contributed by atoms with E-state index in [0.29, 0.717) is 11.5 Å². The van der Waals surface area contributed by atoms with Gasteiger partial charge in [-0.15, -0.1) is 0 Å². The number of nitrogens with zero attached hydrogens (tertiary/aromatic N) is 3. The van der Waals surface area contributed by atoms with Gasteiger partial charge in [-0.2, -0.15) is 8.78 Å². The van der Waals surface area contributed by atoms with Crippen LogP contribution in [0.5, 0.6) is 5.75 Å². The molecule has 1 unspecified atom stereocenters. The fraction of sp³-hybridized carbons (Fsp3) is 0.125.